The van der Waals surface area contributed by atoms with Gasteiger partial charge in [0.15, 0.2) is 0 Å². The number of aryl methyl sites for hydroxylation is 1. The summed E-state index contributed by atoms with van der Waals surface area (Å²) in [6.45, 7) is 2.04. The number of nitrogens with zero attached hydrogens (tertiary/aromatic N) is 2. The van der Waals surface area contributed by atoms with Gasteiger partial charge in [-0.25, -0.2) is 4.79 Å². The number of benzene rings is 1. The lowest BCUT2D eigenvalue weighted by Crippen LogP contribution is -2.28. The van der Waals surface area contributed by atoms with E-state index in [1.165, 1.54) is 19.1 Å². The first kappa shape index (κ1) is 16.1. The van der Waals surface area contributed by atoms with Gasteiger partial charge in [0.1, 0.15) is 12.4 Å². The van der Waals surface area contributed by atoms with Crippen molar-refractivity contribution < 1.29 is 14.2 Å². The first-order chi connectivity index (χ1) is 12.2. The Hall–Kier alpha value is -2.34. The fourth-order valence-corrected chi connectivity index (χ4v) is 3.51. The van der Waals surface area contributed by atoms with Gasteiger partial charge in [0, 0.05) is 24.8 Å². The first-order valence-corrected chi connectivity index (χ1v) is 8.78. The van der Waals surface area contributed by atoms with Crippen LogP contribution in [0.25, 0.3) is 11.3 Å². The average molecular weight is 342 g/mol. The van der Waals surface area contributed by atoms with E-state index in [9.17, 15) is 4.79 Å². The van der Waals surface area contributed by atoms with Crippen LogP contribution in [0.5, 0.6) is 11.6 Å². The highest BCUT2D eigenvalue weighted by Gasteiger charge is 2.20. The summed E-state index contributed by atoms with van der Waals surface area (Å²) in [5, 5.41) is 0. The van der Waals surface area contributed by atoms with Gasteiger partial charge in [0.2, 0.25) is 5.88 Å². The Morgan fingerprint density at radius 2 is 2.24 bits per heavy atom. The molecule has 2 aliphatic rings. The third-order valence-corrected chi connectivity index (χ3v) is 4.86. The molecule has 25 heavy (non-hydrogen) atoms. The number of ether oxygens (including phenoxy) is 3. The molecule has 1 aromatic heterocycles. The summed E-state index contributed by atoms with van der Waals surface area (Å²) in [5.41, 5.74) is 2.79. The molecule has 132 valence electrons. The predicted molar refractivity (Wildman–Crippen MR) is 93.3 cm³/mol. The standard InChI is InChI=1S/C19H22N2O4/c1-23-18-11-17-16-6-5-14(25-12-15-4-2-3-9-24-15)10-13(16)7-8-21(17)19(22)20-18/h5-6,10-11,15H,2-4,7-9,12H2,1H3. The van der Waals surface area contributed by atoms with E-state index in [1.54, 1.807) is 4.57 Å². The van der Waals surface area contributed by atoms with Crippen molar-refractivity contribution in [2.24, 2.45) is 0 Å². The van der Waals surface area contributed by atoms with Crippen molar-refractivity contribution in [1.82, 2.24) is 9.55 Å². The molecule has 4 rings (SSSR count). The maximum atomic E-state index is 12.1. The van der Waals surface area contributed by atoms with E-state index >= 15 is 0 Å². The van der Waals surface area contributed by atoms with Crippen LogP contribution in [0.2, 0.25) is 0 Å². The van der Waals surface area contributed by atoms with Crippen LogP contribution in [0, 0.1) is 0 Å². The highest BCUT2D eigenvalue weighted by atomic mass is 16.5. The molecule has 0 amide bonds. The molecule has 0 spiro atoms. The zero-order valence-electron chi connectivity index (χ0n) is 14.4. The van der Waals surface area contributed by atoms with Crippen molar-refractivity contribution in [3.8, 4) is 22.9 Å². The second-order valence-electron chi connectivity index (χ2n) is 6.49. The van der Waals surface area contributed by atoms with E-state index in [0.29, 0.717) is 19.0 Å². The summed E-state index contributed by atoms with van der Waals surface area (Å²) in [6.07, 6.45) is 4.40. The predicted octanol–water partition coefficient (Wildman–Crippen LogP) is 2.42. The molecular weight excluding hydrogens is 320 g/mol. The molecule has 1 unspecified atom stereocenters. The fourth-order valence-electron chi connectivity index (χ4n) is 3.51. The van der Waals surface area contributed by atoms with E-state index < -0.39 is 0 Å². The number of fused-ring (bicyclic) bond motifs is 3. The molecule has 0 aliphatic carbocycles. The quantitative estimate of drug-likeness (QED) is 0.854. The molecule has 0 radical (unpaired) electrons. The molecule has 1 saturated heterocycles. The van der Waals surface area contributed by atoms with Crippen LogP contribution in [0.4, 0.5) is 0 Å². The Balaban J connectivity index is 1.57. The smallest absolute Gasteiger partial charge is 0.351 e. The van der Waals surface area contributed by atoms with E-state index in [-0.39, 0.29) is 11.8 Å². The molecule has 2 aromatic rings. The van der Waals surface area contributed by atoms with Crippen molar-refractivity contribution in [3.05, 3.63) is 40.3 Å². The van der Waals surface area contributed by atoms with Crippen LogP contribution >= 0.6 is 0 Å². The molecule has 6 heteroatoms. The van der Waals surface area contributed by atoms with Gasteiger partial charge >= 0.3 is 5.69 Å². The van der Waals surface area contributed by atoms with Gasteiger partial charge in [-0.3, -0.25) is 4.57 Å². The Kier molecular flexibility index (Phi) is 4.44. The van der Waals surface area contributed by atoms with E-state index in [1.807, 2.05) is 18.2 Å². The largest absolute Gasteiger partial charge is 0.491 e. The minimum Gasteiger partial charge on any atom is -0.491 e. The SMILES string of the molecule is COc1cc2n(c(=O)n1)CCc1cc(OCC3CCCCO3)ccc1-2. The van der Waals surface area contributed by atoms with Crippen LogP contribution < -0.4 is 15.2 Å². The lowest BCUT2D eigenvalue weighted by molar-refractivity contribution is -0.0110. The normalized spacial score (nSPS) is 19.0. The third kappa shape index (κ3) is 3.26. The lowest BCUT2D eigenvalue weighted by Gasteiger charge is -2.24. The molecule has 0 saturated carbocycles. The van der Waals surface area contributed by atoms with E-state index in [4.69, 9.17) is 14.2 Å². The Morgan fingerprint density at radius 1 is 1.32 bits per heavy atom. The summed E-state index contributed by atoms with van der Waals surface area (Å²) in [4.78, 5) is 16.1. The number of hydrogen-bond acceptors (Lipinski definition) is 5. The Morgan fingerprint density at radius 3 is 3.04 bits per heavy atom. The van der Waals surface area contributed by atoms with E-state index in [2.05, 4.69) is 11.1 Å². The number of hydrogen-bond donors (Lipinski definition) is 0. The zero-order chi connectivity index (χ0) is 17.2. The summed E-state index contributed by atoms with van der Waals surface area (Å²) >= 11 is 0. The van der Waals surface area contributed by atoms with Crippen molar-refractivity contribution in [3.63, 3.8) is 0 Å². The molecule has 3 heterocycles. The second-order valence-corrected chi connectivity index (χ2v) is 6.49. The van der Waals surface area contributed by atoms with Gasteiger partial charge in [-0.05, 0) is 49.4 Å². The van der Waals surface area contributed by atoms with Gasteiger partial charge in [0.05, 0.1) is 18.9 Å². The van der Waals surface area contributed by atoms with Gasteiger partial charge in [-0.1, -0.05) is 0 Å². The highest BCUT2D eigenvalue weighted by molar-refractivity contribution is 5.67. The van der Waals surface area contributed by atoms with Crippen LogP contribution in [0.1, 0.15) is 24.8 Å². The maximum Gasteiger partial charge on any atom is 0.351 e. The molecule has 2 aliphatic heterocycles. The van der Waals surface area contributed by atoms with E-state index in [0.717, 1.165) is 42.9 Å². The minimum absolute atomic E-state index is 0.194. The summed E-state index contributed by atoms with van der Waals surface area (Å²) < 4.78 is 18.5. The topological polar surface area (TPSA) is 62.6 Å². The molecule has 1 aromatic carbocycles. The van der Waals surface area contributed by atoms with Crippen LogP contribution in [0.15, 0.2) is 29.1 Å². The van der Waals surface area contributed by atoms with Gasteiger partial charge in [0.25, 0.3) is 0 Å². The number of aromatic nitrogens is 2. The number of rotatable bonds is 4. The van der Waals surface area contributed by atoms with Crippen LogP contribution in [-0.2, 0) is 17.7 Å². The molecule has 1 fully saturated rings. The van der Waals surface area contributed by atoms with Crippen molar-refractivity contribution in [2.45, 2.75) is 38.3 Å². The zero-order valence-corrected chi connectivity index (χ0v) is 14.4. The van der Waals surface area contributed by atoms with Crippen molar-refractivity contribution in [1.29, 1.82) is 0 Å². The fraction of sp³-hybridized carbons (Fsp3) is 0.474. The highest BCUT2D eigenvalue weighted by Crippen LogP contribution is 2.32. The molecule has 1 atom stereocenters. The molecule has 0 bridgehead atoms. The minimum atomic E-state index is -0.269. The number of methoxy groups -OCH3 is 1. The first-order valence-electron chi connectivity index (χ1n) is 8.78. The van der Waals surface area contributed by atoms with Crippen LogP contribution in [0.3, 0.4) is 0 Å². The van der Waals surface area contributed by atoms with Gasteiger partial charge in [-0.2, -0.15) is 4.98 Å². The Bertz CT molecular complexity index is 825. The van der Waals surface area contributed by atoms with Crippen molar-refractivity contribution >= 4 is 0 Å². The second kappa shape index (κ2) is 6.88. The van der Waals surface area contributed by atoms with Gasteiger partial charge < -0.3 is 14.2 Å². The maximum absolute atomic E-state index is 12.1. The Labute approximate surface area is 146 Å². The molecule has 6 nitrogen and oxygen atoms in total. The monoisotopic (exact) mass is 342 g/mol. The van der Waals surface area contributed by atoms with Crippen molar-refractivity contribution in [2.75, 3.05) is 20.3 Å². The summed E-state index contributed by atoms with van der Waals surface area (Å²) in [7, 11) is 1.52. The summed E-state index contributed by atoms with van der Waals surface area (Å²) in [6, 6.07) is 7.85. The summed E-state index contributed by atoms with van der Waals surface area (Å²) in [5.74, 6) is 1.20. The third-order valence-electron chi connectivity index (χ3n) is 4.86. The molecule has 0 N–H and O–H groups in total. The molecular formula is C19H22N2O4. The van der Waals surface area contributed by atoms with Crippen LogP contribution in [-0.4, -0.2) is 36.0 Å². The lowest BCUT2D eigenvalue weighted by atomic mass is 9.97. The van der Waals surface area contributed by atoms with Gasteiger partial charge in [-0.15, -0.1) is 0 Å². The average Bonchev–Trinajstić information content (AvgIpc) is 2.66.